The third-order valence-corrected chi connectivity index (χ3v) is 3.30. The molecule has 0 aliphatic carbocycles. The molecular weight excluding hydrogens is 222 g/mol. The fraction of sp³-hybridized carbons (Fsp3) is 0.267. The first-order chi connectivity index (χ1) is 8.72. The predicted molar refractivity (Wildman–Crippen MR) is 75.3 cm³/mol. The average molecular weight is 241 g/mol. The van der Waals surface area contributed by atoms with Gasteiger partial charge < -0.3 is 11.1 Å². The van der Waals surface area contributed by atoms with Gasteiger partial charge in [0.1, 0.15) is 0 Å². The van der Waals surface area contributed by atoms with Gasteiger partial charge in [0.2, 0.25) is 0 Å². The number of likely N-dealkylation sites (N-methyl/N-ethyl adjacent to an activating group) is 1. The number of aryl methyl sites for hydroxylation is 1. The molecule has 0 saturated heterocycles. The molecule has 1 atom stereocenters. The van der Waals surface area contributed by atoms with E-state index in [1.54, 1.807) is 6.20 Å². The number of nitrogen functional groups attached to an aromatic ring is 1. The van der Waals surface area contributed by atoms with Gasteiger partial charge in [0.05, 0.1) is 0 Å². The lowest BCUT2D eigenvalue weighted by atomic mass is 9.96. The number of anilines is 1. The van der Waals surface area contributed by atoms with E-state index in [2.05, 4.69) is 41.5 Å². The monoisotopic (exact) mass is 241 g/mol. The van der Waals surface area contributed by atoms with Crippen molar-refractivity contribution in [3.8, 4) is 0 Å². The first-order valence-electron chi connectivity index (χ1n) is 6.13. The molecule has 0 aliphatic rings. The zero-order chi connectivity index (χ0) is 13.0. The number of nitrogens with zero attached hydrogens (tertiary/aromatic N) is 1. The molecule has 94 valence electrons. The second-order valence-electron chi connectivity index (χ2n) is 4.48. The number of hydrogen-bond donors (Lipinski definition) is 2. The molecule has 1 aromatic heterocycles. The van der Waals surface area contributed by atoms with E-state index in [-0.39, 0.29) is 6.04 Å². The highest BCUT2D eigenvalue weighted by molar-refractivity contribution is 5.47. The fourth-order valence-corrected chi connectivity index (χ4v) is 2.14. The number of pyridine rings is 1. The normalized spacial score (nSPS) is 12.3. The van der Waals surface area contributed by atoms with Crippen molar-refractivity contribution in [3.05, 3.63) is 59.4 Å². The van der Waals surface area contributed by atoms with Crippen molar-refractivity contribution in [2.75, 3.05) is 12.8 Å². The molecule has 0 aliphatic heterocycles. The predicted octanol–water partition coefficient (Wildman–Crippen LogP) is 2.48. The highest BCUT2D eigenvalue weighted by Gasteiger charge is 2.13. The number of rotatable bonds is 4. The molecule has 0 fully saturated rings. The molecule has 0 bridgehead atoms. The second-order valence-corrected chi connectivity index (χ2v) is 4.48. The zero-order valence-corrected chi connectivity index (χ0v) is 10.9. The molecule has 1 unspecified atom stereocenters. The Labute approximate surface area is 108 Å². The van der Waals surface area contributed by atoms with Crippen LogP contribution in [0.25, 0.3) is 0 Å². The van der Waals surface area contributed by atoms with Crippen molar-refractivity contribution in [1.29, 1.82) is 0 Å². The van der Waals surface area contributed by atoms with Crippen molar-refractivity contribution in [1.82, 2.24) is 10.3 Å². The van der Waals surface area contributed by atoms with Gasteiger partial charge in [-0.15, -0.1) is 0 Å². The number of hydrogen-bond acceptors (Lipinski definition) is 3. The van der Waals surface area contributed by atoms with Crippen LogP contribution in [0.4, 0.5) is 5.69 Å². The van der Waals surface area contributed by atoms with Crippen LogP contribution in [0.2, 0.25) is 0 Å². The number of nitrogens with one attached hydrogen (secondary N) is 1. The van der Waals surface area contributed by atoms with Crippen molar-refractivity contribution in [2.24, 2.45) is 0 Å². The van der Waals surface area contributed by atoms with Crippen LogP contribution in [-0.4, -0.2) is 12.0 Å². The minimum absolute atomic E-state index is 0.194. The van der Waals surface area contributed by atoms with Crippen molar-refractivity contribution in [3.63, 3.8) is 0 Å². The number of benzene rings is 1. The topological polar surface area (TPSA) is 50.9 Å². The third-order valence-electron chi connectivity index (χ3n) is 3.30. The molecule has 0 radical (unpaired) electrons. The van der Waals surface area contributed by atoms with Gasteiger partial charge >= 0.3 is 0 Å². The Morgan fingerprint density at radius 1 is 1.28 bits per heavy atom. The van der Waals surface area contributed by atoms with E-state index in [1.165, 1.54) is 11.1 Å². The minimum atomic E-state index is 0.194. The Hall–Kier alpha value is -1.87. The highest BCUT2D eigenvalue weighted by atomic mass is 14.9. The summed E-state index contributed by atoms with van der Waals surface area (Å²) in [6.07, 6.45) is 4.48. The SMILES string of the molecule is CNC(Cc1ccccc1C)c1cnccc1N. The maximum Gasteiger partial charge on any atom is 0.0394 e. The molecule has 3 N–H and O–H groups in total. The first-order valence-corrected chi connectivity index (χ1v) is 6.13. The molecule has 2 aromatic rings. The average Bonchev–Trinajstić information content (AvgIpc) is 2.39. The molecule has 2 rings (SSSR count). The van der Waals surface area contributed by atoms with Crippen LogP contribution >= 0.6 is 0 Å². The van der Waals surface area contributed by atoms with Crippen LogP contribution in [0.3, 0.4) is 0 Å². The summed E-state index contributed by atoms with van der Waals surface area (Å²) in [7, 11) is 1.95. The molecule has 3 heteroatoms. The van der Waals surface area contributed by atoms with E-state index in [4.69, 9.17) is 5.73 Å². The maximum absolute atomic E-state index is 6.01. The lowest BCUT2D eigenvalue weighted by Gasteiger charge is -2.19. The largest absolute Gasteiger partial charge is 0.398 e. The second kappa shape index (κ2) is 5.65. The van der Waals surface area contributed by atoms with E-state index in [0.29, 0.717) is 0 Å². The molecule has 3 nitrogen and oxygen atoms in total. The van der Waals surface area contributed by atoms with Crippen LogP contribution in [0.15, 0.2) is 42.7 Å². The van der Waals surface area contributed by atoms with Gasteiger partial charge in [0.15, 0.2) is 0 Å². The Morgan fingerprint density at radius 2 is 2.06 bits per heavy atom. The summed E-state index contributed by atoms with van der Waals surface area (Å²) in [5.74, 6) is 0. The Morgan fingerprint density at radius 3 is 2.72 bits per heavy atom. The van der Waals surface area contributed by atoms with Gasteiger partial charge in [-0.25, -0.2) is 0 Å². The van der Waals surface area contributed by atoms with Crippen LogP contribution in [-0.2, 0) is 6.42 Å². The van der Waals surface area contributed by atoms with E-state index >= 15 is 0 Å². The maximum atomic E-state index is 6.01. The fourth-order valence-electron chi connectivity index (χ4n) is 2.14. The summed E-state index contributed by atoms with van der Waals surface area (Å²) in [5, 5.41) is 3.31. The van der Waals surface area contributed by atoms with Crippen LogP contribution in [0.5, 0.6) is 0 Å². The van der Waals surface area contributed by atoms with Crippen molar-refractivity contribution in [2.45, 2.75) is 19.4 Å². The molecule has 1 heterocycles. The Kier molecular flexibility index (Phi) is 3.95. The molecule has 0 spiro atoms. The quantitative estimate of drug-likeness (QED) is 0.864. The summed E-state index contributed by atoms with van der Waals surface area (Å²) >= 11 is 0. The Balaban J connectivity index is 2.26. The molecule has 0 amide bonds. The van der Waals surface area contributed by atoms with Crippen LogP contribution in [0, 0.1) is 6.92 Å². The standard InChI is InChI=1S/C15H19N3/c1-11-5-3-4-6-12(11)9-15(17-2)13-10-18-8-7-14(13)16/h3-8,10,15,17H,9H2,1-2H3,(H2,16,18). The van der Waals surface area contributed by atoms with E-state index in [1.807, 2.05) is 19.3 Å². The first kappa shape index (κ1) is 12.6. The summed E-state index contributed by atoms with van der Waals surface area (Å²) < 4.78 is 0. The van der Waals surface area contributed by atoms with Crippen molar-refractivity contribution < 1.29 is 0 Å². The smallest absolute Gasteiger partial charge is 0.0394 e. The molecule has 18 heavy (non-hydrogen) atoms. The summed E-state index contributed by atoms with van der Waals surface area (Å²) in [6, 6.07) is 10.5. The van der Waals surface area contributed by atoms with E-state index < -0.39 is 0 Å². The van der Waals surface area contributed by atoms with Gasteiger partial charge in [-0.2, -0.15) is 0 Å². The van der Waals surface area contributed by atoms with Gasteiger partial charge in [0, 0.05) is 29.7 Å². The van der Waals surface area contributed by atoms with Gasteiger partial charge in [-0.05, 0) is 37.6 Å². The summed E-state index contributed by atoms with van der Waals surface area (Å²) in [5.41, 5.74) is 10.5. The van der Waals surface area contributed by atoms with Crippen LogP contribution in [0.1, 0.15) is 22.7 Å². The lowest BCUT2D eigenvalue weighted by Crippen LogP contribution is -2.20. The van der Waals surface area contributed by atoms with Crippen LogP contribution < -0.4 is 11.1 Å². The van der Waals surface area contributed by atoms with Gasteiger partial charge in [-0.3, -0.25) is 4.98 Å². The molecule has 1 aromatic carbocycles. The molecular formula is C15H19N3. The minimum Gasteiger partial charge on any atom is -0.398 e. The number of nitrogens with two attached hydrogens (primary N) is 1. The zero-order valence-electron chi connectivity index (χ0n) is 10.9. The summed E-state index contributed by atoms with van der Waals surface area (Å²) in [6.45, 7) is 2.13. The van der Waals surface area contributed by atoms with Gasteiger partial charge in [-0.1, -0.05) is 24.3 Å². The van der Waals surface area contributed by atoms with Gasteiger partial charge in [0.25, 0.3) is 0 Å². The Bertz CT molecular complexity index is 523. The highest BCUT2D eigenvalue weighted by Crippen LogP contribution is 2.23. The van der Waals surface area contributed by atoms with E-state index in [0.717, 1.165) is 17.7 Å². The van der Waals surface area contributed by atoms with E-state index in [9.17, 15) is 0 Å². The number of aromatic nitrogens is 1. The third kappa shape index (κ3) is 2.68. The lowest BCUT2D eigenvalue weighted by molar-refractivity contribution is 0.590. The van der Waals surface area contributed by atoms with Crippen molar-refractivity contribution >= 4 is 5.69 Å². The molecule has 0 saturated carbocycles. The summed E-state index contributed by atoms with van der Waals surface area (Å²) in [4.78, 5) is 4.16.